The number of hydrogen-bond donors (Lipinski definition) is 2. The summed E-state index contributed by atoms with van der Waals surface area (Å²) in [6, 6.07) is 0. The van der Waals surface area contributed by atoms with Gasteiger partial charge in [-0.1, -0.05) is 0 Å². The second-order valence-corrected chi connectivity index (χ2v) is 4.61. The van der Waals surface area contributed by atoms with Gasteiger partial charge in [0, 0.05) is 19.8 Å². The SMILES string of the molecule is OCC1(NCC2CCCO2)CCCOC1. The maximum atomic E-state index is 9.43. The molecular formula is C11H21NO3. The molecule has 2 heterocycles. The van der Waals surface area contributed by atoms with Crippen molar-refractivity contribution in [1.29, 1.82) is 0 Å². The van der Waals surface area contributed by atoms with Gasteiger partial charge in [0.25, 0.3) is 0 Å². The van der Waals surface area contributed by atoms with Crippen LogP contribution in [0.2, 0.25) is 0 Å². The molecule has 88 valence electrons. The highest BCUT2D eigenvalue weighted by Crippen LogP contribution is 2.19. The highest BCUT2D eigenvalue weighted by molar-refractivity contribution is 4.90. The van der Waals surface area contributed by atoms with Gasteiger partial charge in [-0.3, -0.25) is 0 Å². The molecule has 2 unspecified atom stereocenters. The summed E-state index contributed by atoms with van der Waals surface area (Å²) < 4.78 is 11.0. The molecule has 4 heteroatoms. The van der Waals surface area contributed by atoms with Crippen LogP contribution in [0.5, 0.6) is 0 Å². The molecule has 4 nitrogen and oxygen atoms in total. The van der Waals surface area contributed by atoms with Gasteiger partial charge >= 0.3 is 0 Å². The van der Waals surface area contributed by atoms with E-state index < -0.39 is 0 Å². The summed E-state index contributed by atoms with van der Waals surface area (Å²) in [5, 5.41) is 12.9. The normalized spacial score (nSPS) is 37.0. The molecule has 2 saturated heterocycles. The molecule has 0 saturated carbocycles. The van der Waals surface area contributed by atoms with Crippen LogP contribution in [0.1, 0.15) is 25.7 Å². The van der Waals surface area contributed by atoms with E-state index in [1.807, 2.05) is 0 Å². The standard InChI is InChI=1S/C11H21NO3/c13-8-11(4-2-5-14-9-11)12-7-10-3-1-6-15-10/h10,12-13H,1-9H2. The first-order valence-corrected chi connectivity index (χ1v) is 5.90. The first kappa shape index (κ1) is 11.3. The Hall–Kier alpha value is -0.160. The third-order valence-corrected chi connectivity index (χ3v) is 3.35. The third kappa shape index (κ3) is 2.91. The zero-order valence-electron chi connectivity index (χ0n) is 9.21. The van der Waals surface area contributed by atoms with E-state index >= 15 is 0 Å². The van der Waals surface area contributed by atoms with Gasteiger partial charge in [0.1, 0.15) is 0 Å². The molecule has 2 fully saturated rings. The van der Waals surface area contributed by atoms with Crippen LogP contribution in [0.15, 0.2) is 0 Å². The Labute approximate surface area is 90.9 Å². The summed E-state index contributed by atoms with van der Waals surface area (Å²) in [7, 11) is 0. The third-order valence-electron chi connectivity index (χ3n) is 3.35. The van der Waals surface area contributed by atoms with Crippen molar-refractivity contribution in [3.63, 3.8) is 0 Å². The largest absolute Gasteiger partial charge is 0.394 e. The van der Waals surface area contributed by atoms with Gasteiger partial charge in [-0.15, -0.1) is 0 Å². The van der Waals surface area contributed by atoms with E-state index in [1.54, 1.807) is 0 Å². The molecular weight excluding hydrogens is 194 g/mol. The average Bonchev–Trinajstić information content (AvgIpc) is 2.81. The monoisotopic (exact) mass is 215 g/mol. The number of hydrogen-bond acceptors (Lipinski definition) is 4. The first-order valence-electron chi connectivity index (χ1n) is 5.90. The van der Waals surface area contributed by atoms with Crippen LogP contribution in [0.4, 0.5) is 0 Å². The van der Waals surface area contributed by atoms with Gasteiger partial charge in [0.2, 0.25) is 0 Å². The average molecular weight is 215 g/mol. The Morgan fingerprint density at radius 2 is 2.27 bits per heavy atom. The number of ether oxygens (including phenoxy) is 2. The summed E-state index contributed by atoms with van der Waals surface area (Å²) in [5.41, 5.74) is -0.218. The van der Waals surface area contributed by atoms with E-state index in [2.05, 4.69) is 5.32 Å². The maximum Gasteiger partial charge on any atom is 0.0700 e. The summed E-state index contributed by atoms with van der Waals surface area (Å²) in [5.74, 6) is 0. The van der Waals surface area contributed by atoms with Crippen molar-refractivity contribution in [1.82, 2.24) is 5.32 Å². The van der Waals surface area contributed by atoms with Crippen LogP contribution in [0, 0.1) is 0 Å². The zero-order chi connectivity index (χ0) is 10.6. The van der Waals surface area contributed by atoms with E-state index in [0.29, 0.717) is 12.7 Å². The minimum atomic E-state index is -0.218. The fourth-order valence-corrected chi connectivity index (χ4v) is 2.31. The van der Waals surface area contributed by atoms with E-state index in [4.69, 9.17) is 9.47 Å². The molecule has 2 rings (SSSR count). The Kier molecular flexibility index (Phi) is 3.97. The number of nitrogens with one attached hydrogen (secondary N) is 1. The van der Waals surface area contributed by atoms with Crippen molar-refractivity contribution >= 4 is 0 Å². The van der Waals surface area contributed by atoms with Gasteiger partial charge in [-0.25, -0.2) is 0 Å². The van der Waals surface area contributed by atoms with Crippen molar-refractivity contribution in [3.8, 4) is 0 Å². The Bertz CT molecular complexity index is 186. The Morgan fingerprint density at radius 1 is 1.33 bits per heavy atom. The minimum absolute atomic E-state index is 0.152. The van der Waals surface area contributed by atoms with Crippen LogP contribution in [0.3, 0.4) is 0 Å². The van der Waals surface area contributed by atoms with Crippen molar-refractivity contribution in [2.45, 2.75) is 37.3 Å². The summed E-state index contributed by atoms with van der Waals surface area (Å²) in [6.07, 6.45) is 4.65. The lowest BCUT2D eigenvalue weighted by atomic mass is 9.93. The van der Waals surface area contributed by atoms with Crippen molar-refractivity contribution in [2.24, 2.45) is 0 Å². The lowest BCUT2D eigenvalue weighted by molar-refractivity contribution is -0.0141. The Morgan fingerprint density at radius 3 is 2.87 bits per heavy atom. The highest BCUT2D eigenvalue weighted by Gasteiger charge is 2.32. The predicted octanol–water partition coefficient (Wildman–Crippen LogP) is 0.296. The number of rotatable bonds is 4. The molecule has 0 amide bonds. The lowest BCUT2D eigenvalue weighted by Gasteiger charge is -2.37. The molecule has 2 N–H and O–H groups in total. The van der Waals surface area contributed by atoms with Crippen LogP contribution < -0.4 is 5.32 Å². The van der Waals surface area contributed by atoms with Gasteiger partial charge in [-0.2, -0.15) is 0 Å². The van der Waals surface area contributed by atoms with Crippen molar-refractivity contribution in [3.05, 3.63) is 0 Å². The van der Waals surface area contributed by atoms with Crippen LogP contribution in [0.25, 0.3) is 0 Å². The molecule has 0 spiro atoms. The van der Waals surface area contributed by atoms with Gasteiger partial charge in [-0.05, 0) is 25.7 Å². The van der Waals surface area contributed by atoms with Gasteiger partial charge in [0.15, 0.2) is 0 Å². The Balaban J connectivity index is 1.78. The van der Waals surface area contributed by atoms with E-state index in [0.717, 1.165) is 45.4 Å². The topological polar surface area (TPSA) is 50.7 Å². The smallest absolute Gasteiger partial charge is 0.0700 e. The fraction of sp³-hybridized carbons (Fsp3) is 1.00. The van der Waals surface area contributed by atoms with E-state index in [9.17, 15) is 5.11 Å². The quantitative estimate of drug-likeness (QED) is 0.708. The second kappa shape index (κ2) is 5.25. The maximum absolute atomic E-state index is 9.43. The molecule has 2 atom stereocenters. The molecule has 0 aromatic rings. The van der Waals surface area contributed by atoms with Gasteiger partial charge < -0.3 is 19.9 Å². The highest BCUT2D eigenvalue weighted by atomic mass is 16.5. The minimum Gasteiger partial charge on any atom is -0.394 e. The zero-order valence-corrected chi connectivity index (χ0v) is 9.21. The number of aliphatic hydroxyl groups excluding tert-OH is 1. The molecule has 2 aliphatic rings. The molecule has 0 aliphatic carbocycles. The molecule has 15 heavy (non-hydrogen) atoms. The van der Waals surface area contributed by atoms with Crippen LogP contribution in [-0.4, -0.2) is 49.7 Å². The van der Waals surface area contributed by atoms with E-state index in [-0.39, 0.29) is 12.1 Å². The predicted molar refractivity (Wildman–Crippen MR) is 56.8 cm³/mol. The molecule has 0 bridgehead atoms. The van der Waals surface area contributed by atoms with Crippen molar-refractivity contribution < 1.29 is 14.6 Å². The molecule has 2 aliphatic heterocycles. The fourth-order valence-electron chi connectivity index (χ4n) is 2.31. The summed E-state index contributed by atoms with van der Waals surface area (Å²) in [6.45, 7) is 3.32. The van der Waals surface area contributed by atoms with Crippen molar-refractivity contribution in [2.75, 3.05) is 33.0 Å². The van der Waals surface area contributed by atoms with Crippen LogP contribution >= 0.6 is 0 Å². The number of aliphatic hydroxyl groups is 1. The molecule has 0 aromatic heterocycles. The first-order chi connectivity index (χ1) is 7.35. The van der Waals surface area contributed by atoms with Crippen LogP contribution in [-0.2, 0) is 9.47 Å². The second-order valence-electron chi connectivity index (χ2n) is 4.61. The van der Waals surface area contributed by atoms with E-state index in [1.165, 1.54) is 0 Å². The molecule has 0 aromatic carbocycles. The molecule has 0 radical (unpaired) electrons. The summed E-state index contributed by atoms with van der Waals surface area (Å²) in [4.78, 5) is 0. The van der Waals surface area contributed by atoms with Gasteiger partial charge in [0.05, 0.1) is 24.9 Å². The lowest BCUT2D eigenvalue weighted by Crippen LogP contribution is -2.56. The summed E-state index contributed by atoms with van der Waals surface area (Å²) >= 11 is 0.